The molecule has 108 valence electrons. The Labute approximate surface area is 124 Å². The fraction of sp³-hybridized carbons (Fsp3) is 0.375. The monoisotopic (exact) mass is 291 g/mol. The van der Waals surface area contributed by atoms with Gasteiger partial charge in [0.2, 0.25) is 0 Å². The van der Waals surface area contributed by atoms with Crippen molar-refractivity contribution in [3.05, 3.63) is 45.6 Å². The fourth-order valence-electron chi connectivity index (χ4n) is 2.04. The molecule has 0 spiro atoms. The zero-order chi connectivity index (χ0) is 14.7. The first kappa shape index (κ1) is 14.9. The molecule has 1 aromatic heterocycles. The molecule has 2 unspecified atom stereocenters. The third-order valence-electron chi connectivity index (χ3n) is 3.09. The summed E-state index contributed by atoms with van der Waals surface area (Å²) in [5.41, 5.74) is 7.23. The molecule has 0 fully saturated rings. The van der Waals surface area contributed by atoms with E-state index in [-0.39, 0.29) is 12.1 Å². The second-order valence-electron chi connectivity index (χ2n) is 5.00. The second-order valence-corrected chi connectivity index (χ2v) is 6.32. The molecule has 0 aliphatic carbocycles. The van der Waals surface area contributed by atoms with Gasteiger partial charge >= 0.3 is 0 Å². The van der Waals surface area contributed by atoms with Gasteiger partial charge in [-0.2, -0.15) is 0 Å². The molecule has 0 aliphatic rings. The van der Waals surface area contributed by atoms with Crippen molar-refractivity contribution >= 4 is 11.3 Å². The molecule has 0 amide bonds. The van der Waals surface area contributed by atoms with Crippen LogP contribution < -0.4 is 15.2 Å². The molecule has 2 rings (SSSR count). The topological polar surface area (TPSA) is 44.5 Å². The van der Waals surface area contributed by atoms with Gasteiger partial charge in [-0.3, -0.25) is 0 Å². The van der Waals surface area contributed by atoms with Crippen molar-refractivity contribution in [1.29, 1.82) is 0 Å². The van der Waals surface area contributed by atoms with Gasteiger partial charge in [-0.05, 0) is 50.6 Å². The van der Waals surface area contributed by atoms with Crippen molar-refractivity contribution in [2.45, 2.75) is 32.9 Å². The van der Waals surface area contributed by atoms with Crippen LogP contribution in [0.1, 0.15) is 28.3 Å². The molecule has 2 aromatic rings. The quantitative estimate of drug-likeness (QED) is 0.910. The minimum atomic E-state index is -0.162. The van der Waals surface area contributed by atoms with Gasteiger partial charge in [0.1, 0.15) is 6.10 Å². The van der Waals surface area contributed by atoms with Crippen LogP contribution in [-0.2, 0) is 0 Å². The molecular weight excluding hydrogens is 270 g/mol. The maximum Gasteiger partial charge on any atom is 0.162 e. The minimum absolute atomic E-state index is 0.0981. The lowest BCUT2D eigenvalue weighted by molar-refractivity contribution is 0.176. The molecule has 3 nitrogen and oxygen atoms in total. The Bertz CT molecular complexity index is 578. The number of nitrogens with two attached hydrogens (primary N) is 1. The zero-order valence-corrected chi connectivity index (χ0v) is 13.2. The van der Waals surface area contributed by atoms with Crippen molar-refractivity contribution in [3.63, 3.8) is 0 Å². The number of benzene rings is 1. The summed E-state index contributed by atoms with van der Waals surface area (Å²) < 4.78 is 11.5. The van der Waals surface area contributed by atoms with E-state index >= 15 is 0 Å². The first-order valence-corrected chi connectivity index (χ1v) is 7.46. The van der Waals surface area contributed by atoms with Crippen LogP contribution >= 0.6 is 11.3 Å². The summed E-state index contributed by atoms with van der Waals surface area (Å²) in [7, 11) is 1.65. The first-order chi connectivity index (χ1) is 9.51. The molecule has 0 aliphatic heterocycles. The van der Waals surface area contributed by atoms with E-state index in [4.69, 9.17) is 15.2 Å². The minimum Gasteiger partial charge on any atom is -0.493 e. The highest BCUT2D eigenvalue weighted by Crippen LogP contribution is 2.34. The Balaban J connectivity index is 2.29. The van der Waals surface area contributed by atoms with Gasteiger partial charge in [0, 0.05) is 15.8 Å². The lowest BCUT2D eigenvalue weighted by Crippen LogP contribution is -2.28. The van der Waals surface area contributed by atoms with Gasteiger partial charge in [-0.25, -0.2) is 0 Å². The molecule has 20 heavy (non-hydrogen) atoms. The van der Waals surface area contributed by atoms with Crippen LogP contribution in [0.4, 0.5) is 0 Å². The molecule has 2 atom stereocenters. The highest BCUT2D eigenvalue weighted by Gasteiger charge is 2.21. The van der Waals surface area contributed by atoms with Gasteiger partial charge in [-0.15, -0.1) is 11.3 Å². The standard InChI is InChI=1S/C16H21NO2S/c1-10-5-7-13(14(9-10)18-4)19-16(12(3)17)15-8-6-11(2)20-15/h5-9,12,16H,17H2,1-4H3. The Hall–Kier alpha value is -1.52. The molecule has 0 radical (unpaired) electrons. The summed E-state index contributed by atoms with van der Waals surface area (Å²) in [6.07, 6.45) is -0.162. The Morgan fingerprint density at radius 1 is 1.10 bits per heavy atom. The van der Waals surface area contributed by atoms with Crippen molar-refractivity contribution < 1.29 is 9.47 Å². The van der Waals surface area contributed by atoms with Gasteiger partial charge in [-0.1, -0.05) is 6.07 Å². The average Bonchev–Trinajstić information content (AvgIpc) is 2.83. The molecule has 0 bridgehead atoms. The molecule has 0 saturated carbocycles. The van der Waals surface area contributed by atoms with Gasteiger partial charge < -0.3 is 15.2 Å². The van der Waals surface area contributed by atoms with Crippen molar-refractivity contribution in [3.8, 4) is 11.5 Å². The summed E-state index contributed by atoms with van der Waals surface area (Å²) in [4.78, 5) is 2.39. The largest absolute Gasteiger partial charge is 0.493 e. The Kier molecular flexibility index (Phi) is 4.68. The lowest BCUT2D eigenvalue weighted by atomic mass is 10.1. The number of hydrogen-bond acceptors (Lipinski definition) is 4. The summed E-state index contributed by atoms with van der Waals surface area (Å²) in [6, 6.07) is 9.98. The van der Waals surface area contributed by atoms with Crippen LogP contribution in [0.15, 0.2) is 30.3 Å². The van der Waals surface area contributed by atoms with E-state index in [1.807, 2.05) is 32.0 Å². The van der Waals surface area contributed by atoms with Gasteiger partial charge in [0.15, 0.2) is 11.5 Å². The molecule has 4 heteroatoms. The number of ether oxygens (including phenoxy) is 2. The molecule has 2 N–H and O–H groups in total. The normalized spacial score (nSPS) is 13.8. The number of hydrogen-bond donors (Lipinski definition) is 1. The van der Waals surface area contributed by atoms with Gasteiger partial charge in [0.25, 0.3) is 0 Å². The SMILES string of the molecule is COc1cc(C)ccc1OC(c1ccc(C)s1)C(C)N. The van der Waals surface area contributed by atoms with Crippen molar-refractivity contribution in [2.24, 2.45) is 5.73 Å². The summed E-state index contributed by atoms with van der Waals surface area (Å²) in [5.74, 6) is 1.47. The number of rotatable bonds is 5. The van der Waals surface area contributed by atoms with E-state index in [0.29, 0.717) is 0 Å². The predicted octanol–water partition coefficient (Wildman–Crippen LogP) is 3.84. The van der Waals surface area contributed by atoms with Crippen LogP contribution in [0.2, 0.25) is 0 Å². The average molecular weight is 291 g/mol. The summed E-state index contributed by atoms with van der Waals surface area (Å²) in [5, 5.41) is 0. The van der Waals surface area contributed by atoms with E-state index in [2.05, 4.69) is 19.1 Å². The third kappa shape index (κ3) is 3.32. The number of thiophene rings is 1. The fourth-order valence-corrected chi connectivity index (χ4v) is 3.06. The van der Waals surface area contributed by atoms with Crippen LogP contribution in [-0.4, -0.2) is 13.2 Å². The van der Waals surface area contributed by atoms with E-state index in [9.17, 15) is 0 Å². The molecule has 1 heterocycles. The lowest BCUT2D eigenvalue weighted by Gasteiger charge is -2.22. The second kappa shape index (κ2) is 6.29. The van der Waals surface area contributed by atoms with Crippen LogP contribution in [0.5, 0.6) is 11.5 Å². The number of methoxy groups -OCH3 is 1. The van der Waals surface area contributed by atoms with Crippen molar-refractivity contribution in [1.82, 2.24) is 0 Å². The third-order valence-corrected chi connectivity index (χ3v) is 4.15. The van der Waals surface area contributed by atoms with E-state index in [1.165, 1.54) is 4.88 Å². The Morgan fingerprint density at radius 3 is 2.40 bits per heavy atom. The van der Waals surface area contributed by atoms with E-state index < -0.39 is 0 Å². The molecule has 1 aromatic carbocycles. The predicted molar refractivity (Wildman–Crippen MR) is 83.8 cm³/mol. The van der Waals surface area contributed by atoms with Crippen LogP contribution in [0.3, 0.4) is 0 Å². The maximum atomic E-state index is 6.11. The Morgan fingerprint density at radius 2 is 1.85 bits per heavy atom. The van der Waals surface area contributed by atoms with Crippen LogP contribution in [0.25, 0.3) is 0 Å². The molecule has 0 saturated heterocycles. The molecular formula is C16H21NO2S. The van der Waals surface area contributed by atoms with E-state index in [0.717, 1.165) is 21.9 Å². The van der Waals surface area contributed by atoms with Gasteiger partial charge in [0.05, 0.1) is 7.11 Å². The highest BCUT2D eigenvalue weighted by molar-refractivity contribution is 7.12. The van der Waals surface area contributed by atoms with E-state index in [1.54, 1.807) is 18.4 Å². The highest BCUT2D eigenvalue weighted by atomic mass is 32.1. The first-order valence-electron chi connectivity index (χ1n) is 6.64. The zero-order valence-electron chi connectivity index (χ0n) is 12.3. The maximum absolute atomic E-state index is 6.11. The van der Waals surface area contributed by atoms with Crippen molar-refractivity contribution in [2.75, 3.05) is 7.11 Å². The summed E-state index contributed by atoms with van der Waals surface area (Å²) in [6.45, 7) is 6.07. The van der Waals surface area contributed by atoms with Crippen LogP contribution in [0, 0.1) is 13.8 Å². The smallest absolute Gasteiger partial charge is 0.162 e. The number of aryl methyl sites for hydroxylation is 2. The summed E-state index contributed by atoms with van der Waals surface area (Å²) >= 11 is 1.71.